The van der Waals surface area contributed by atoms with Crippen molar-refractivity contribution in [3.8, 4) is 0 Å². The zero-order valence-corrected chi connectivity index (χ0v) is 22.2. The number of halogens is 3. The number of hydrogen-bond donors (Lipinski definition) is 4. The van der Waals surface area contributed by atoms with E-state index in [0.717, 1.165) is 48.2 Å². The van der Waals surface area contributed by atoms with Gasteiger partial charge >= 0.3 is 0 Å². The number of aromatic nitrogens is 1. The summed E-state index contributed by atoms with van der Waals surface area (Å²) in [6, 6.07) is 5.80. The lowest BCUT2D eigenvalue weighted by Crippen LogP contribution is -2.38. The molecule has 1 saturated carbocycles. The Hall–Kier alpha value is -2.45. The summed E-state index contributed by atoms with van der Waals surface area (Å²) in [5.41, 5.74) is 3.99. The predicted molar refractivity (Wildman–Crippen MR) is 141 cm³/mol. The lowest BCUT2D eigenvalue weighted by Gasteiger charge is -2.34. The van der Waals surface area contributed by atoms with E-state index in [1.807, 2.05) is 32.9 Å². The fraction of sp³-hybridized carbons (Fsp3) is 0.556. The Bertz CT molecular complexity index is 1110. The van der Waals surface area contributed by atoms with Crippen LogP contribution in [0.3, 0.4) is 0 Å². The highest BCUT2D eigenvalue weighted by Crippen LogP contribution is 2.31. The van der Waals surface area contributed by atoms with Gasteiger partial charge in [0.1, 0.15) is 0 Å². The Morgan fingerprint density at radius 2 is 1.83 bits per heavy atom. The van der Waals surface area contributed by atoms with E-state index in [1.165, 1.54) is 0 Å². The van der Waals surface area contributed by atoms with Gasteiger partial charge in [-0.15, -0.1) is 0 Å². The number of anilines is 1. The van der Waals surface area contributed by atoms with Crippen molar-refractivity contribution in [3.63, 3.8) is 0 Å². The number of H-pyrrole nitrogens is 1. The molecular weight excluding hydrogens is 486 g/mol. The zero-order chi connectivity index (χ0) is 26.4. The van der Waals surface area contributed by atoms with Gasteiger partial charge in [0.25, 0.3) is 11.5 Å². The average Bonchev–Trinajstić information content (AvgIpc) is 2.80. The summed E-state index contributed by atoms with van der Waals surface area (Å²) < 4.78 is 24.7. The van der Waals surface area contributed by atoms with E-state index in [4.69, 9.17) is 11.6 Å². The van der Waals surface area contributed by atoms with Crippen molar-refractivity contribution in [1.82, 2.24) is 15.6 Å². The number of aromatic amines is 1. The SMILES string of the molecule is Cc1cc(C)c(CNC(=O)c2cc(Cl)cc(NC(C)[C@H]3CC[C@H](NCCC(F)F)CC3)c2C)c(=O)[nH]1. The zero-order valence-electron chi connectivity index (χ0n) is 21.4. The van der Waals surface area contributed by atoms with Gasteiger partial charge in [-0.1, -0.05) is 11.6 Å². The summed E-state index contributed by atoms with van der Waals surface area (Å²) in [4.78, 5) is 28.1. The largest absolute Gasteiger partial charge is 0.382 e. The quantitative estimate of drug-likeness (QED) is 0.332. The minimum absolute atomic E-state index is 0.108. The second kappa shape index (κ2) is 12.7. The summed E-state index contributed by atoms with van der Waals surface area (Å²) >= 11 is 6.37. The van der Waals surface area contributed by atoms with E-state index in [-0.39, 0.29) is 30.5 Å². The van der Waals surface area contributed by atoms with Gasteiger partial charge in [0.15, 0.2) is 0 Å². The Morgan fingerprint density at radius 3 is 2.47 bits per heavy atom. The van der Waals surface area contributed by atoms with Crippen molar-refractivity contribution < 1.29 is 13.6 Å². The van der Waals surface area contributed by atoms with Gasteiger partial charge in [0, 0.05) is 59.1 Å². The molecule has 1 aliphatic carbocycles. The molecule has 1 unspecified atom stereocenters. The number of nitrogens with one attached hydrogen (secondary N) is 4. The molecule has 1 aliphatic rings. The second-order valence-electron chi connectivity index (χ2n) is 9.93. The van der Waals surface area contributed by atoms with Gasteiger partial charge in [-0.25, -0.2) is 8.78 Å². The molecule has 3 rings (SSSR count). The monoisotopic (exact) mass is 522 g/mol. The Kier molecular flexibility index (Phi) is 9.91. The molecule has 0 saturated heterocycles. The minimum Gasteiger partial charge on any atom is -0.382 e. The lowest BCUT2D eigenvalue weighted by molar-refractivity contribution is 0.0950. The summed E-state index contributed by atoms with van der Waals surface area (Å²) in [6.45, 7) is 8.16. The number of pyridine rings is 1. The van der Waals surface area contributed by atoms with Crippen molar-refractivity contribution >= 4 is 23.2 Å². The standard InChI is InChI=1S/C27H37ClF2N4O2/c1-15-11-16(2)33-27(36)23(15)14-32-26(35)22-12-20(28)13-24(17(22)3)34-18(4)19-5-7-21(8-6-19)31-10-9-25(29)30/h11-13,18-19,21,25,31,34H,5-10,14H2,1-4H3,(H,32,35)(H,33,36)/t18?,19-,21-. The predicted octanol–water partition coefficient (Wildman–Crippen LogP) is 5.49. The van der Waals surface area contributed by atoms with Gasteiger partial charge in [-0.3, -0.25) is 9.59 Å². The van der Waals surface area contributed by atoms with Gasteiger partial charge in [0.2, 0.25) is 6.43 Å². The Morgan fingerprint density at radius 1 is 1.14 bits per heavy atom. The maximum Gasteiger partial charge on any atom is 0.253 e. The number of rotatable bonds is 10. The molecule has 1 fully saturated rings. The number of carbonyl (C=O) groups excluding carboxylic acids is 1. The molecule has 9 heteroatoms. The van der Waals surface area contributed by atoms with E-state index in [1.54, 1.807) is 6.07 Å². The Balaban J connectivity index is 1.61. The number of aryl methyl sites for hydroxylation is 2. The molecule has 1 atom stereocenters. The number of alkyl halides is 2. The van der Waals surface area contributed by atoms with Crippen molar-refractivity contribution in [2.75, 3.05) is 11.9 Å². The van der Waals surface area contributed by atoms with Crippen molar-refractivity contribution in [2.24, 2.45) is 5.92 Å². The molecule has 36 heavy (non-hydrogen) atoms. The average molecular weight is 523 g/mol. The van der Waals surface area contributed by atoms with Crippen LogP contribution in [0.5, 0.6) is 0 Å². The molecule has 6 nitrogen and oxygen atoms in total. The molecular formula is C27H37ClF2N4O2. The van der Waals surface area contributed by atoms with Crippen LogP contribution in [-0.4, -0.2) is 35.9 Å². The summed E-state index contributed by atoms with van der Waals surface area (Å²) in [5, 5.41) is 10.1. The fourth-order valence-corrected chi connectivity index (χ4v) is 5.23. The van der Waals surface area contributed by atoms with E-state index in [2.05, 4.69) is 27.9 Å². The highest BCUT2D eigenvalue weighted by Gasteiger charge is 2.26. The number of amides is 1. The normalized spacial score (nSPS) is 18.8. The smallest absolute Gasteiger partial charge is 0.253 e. The van der Waals surface area contributed by atoms with Gasteiger partial charge in [0.05, 0.1) is 0 Å². The first-order chi connectivity index (χ1) is 17.0. The highest BCUT2D eigenvalue weighted by molar-refractivity contribution is 6.31. The molecule has 0 aliphatic heterocycles. The summed E-state index contributed by atoms with van der Waals surface area (Å²) in [7, 11) is 0. The first kappa shape index (κ1) is 28.1. The van der Waals surface area contributed by atoms with Gasteiger partial charge in [-0.2, -0.15) is 0 Å². The number of hydrogen-bond acceptors (Lipinski definition) is 4. The lowest BCUT2D eigenvalue weighted by atomic mass is 9.82. The molecule has 1 aromatic heterocycles. The fourth-order valence-electron chi connectivity index (χ4n) is 5.01. The Labute approximate surface area is 216 Å². The molecule has 0 radical (unpaired) electrons. The third-order valence-corrected chi connectivity index (χ3v) is 7.41. The van der Waals surface area contributed by atoms with Crippen molar-refractivity contribution in [2.45, 2.75) is 84.9 Å². The van der Waals surface area contributed by atoms with Crippen molar-refractivity contribution in [1.29, 1.82) is 0 Å². The van der Waals surface area contributed by atoms with Crippen LogP contribution >= 0.6 is 11.6 Å². The third kappa shape index (κ3) is 7.53. The van der Waals surface area contributed by atoms with Crippen LogP contribution in [0.15, 0.2) is 23.0 Å². The van der Waals surface area contributed by atoms with Crippen LogP contribution in [0.4, 0.5) is 14.5 Å². The van der Waals surface area contributed by atoms with Crippen LogP contribution in [0.1, 0.15) is 71.8 Å². The topological polar surface area (TPSA) is 86.0 Å². The number of benzene rings is 1. The maximum atomic E-state index is 13.0. The number of carbonyl (C=O) groups is 1. The van der Waals surface area contributed by atoms with Crippen LogP contribution in [0.2, 0.25) is 5.02 Å². The van der Waals surface area contributed by atoms with E-state index in [0.29, 0.717) is 34.7 Å². The molecule has 1 aromatic carbocycles. The van der Waals surface area contributed by atoms with Crippen LogP contribution in [0.25, 0.3) is 0 Å². The molecule has 1 heterocycles. The third-order valence-electron chi connectivity index (χ3n) is 7.19. The van der Waals surface area contributed by atoms with Gasteiger partial charge < -0.3 is 20.9 Å². The molecule has 2 aromatic rings. The van der Waals surface area contributed by atoms with E-state index in [9.17, 15) is 18.4 Å². The van der Waals surface area contributed by atoms with E-state index >= 15 is 0 Å². The highest BCUT2D eigenvalue weighted by atomic mass is 35.5. The van der Waals surface area contributed by atoms with Crippen LogP contribution in [0, 0.1) is 26.7 Å². The summed E-state index contributed by atoms with van der Waals surface area (Å²) in [6.07, 6.45) is 1.54. The molecule has 198 valence electrons. The van der Waals surface area contributed by atoms with Crippen LogP contribution < -0.4 is 21.5 Å². The molecule has 0 spiro atoms. The maximum absolute atomic E-state index is 13.0. The molecule has 1 amide bonds. The first-order valence-corrected chi connectivity index (χ1v) is 13.0. The summed E-state index contributed by atoms with van der Waals surface area (Å²) in [5.74, 6) is 0.144. The van der Waals surface area contributed by atoms with E-state index < -0.39 is 6.43 Å². The minimum atomic E-state index is -2.26. The van der Waals surface area contributed by atoms with Crippen LogP contribution in [-0.2, 0) is 6.54 Å². The molecule has 4 N–H and O–H groups in total. The van der Waals surface area contributed by atoms with Gasteiger partial charge in [-0.05, 0) is 88.6 Å². The van der Waals surface area contributed by atoms with Crippen molar-refractivity contribution in [3.05, 3.63) is 61.5 Å². The second-order valence-corrected chi connectivity index (χ2v) is 10.4. The molecule has 0 bridgehead atoms. The first-order valence-electron chi connectivity index (χ1n) is 12.6.